The van der Waals surface area contributed by atoms with Gasteiger partial charge in [-0.1, -0.05) is 0 Å². The Bertz CT molecular complexity index is 559. The fourth-order valence-corrected chi connectivity index (χ4v) is 4.23. The van der Waals surface area contributed by atoms with Gasteiger partial charge in [0.15, 0.2) is 0 Å². The van der Waals surface area contributed by atoms with Gasteiger partial charge in [0.2, 0.25) is 10.0 Å². The maximum atomic E-state index is 12.4. The molecular formula is C12H21N3O3S. The van der Waals surface area contributed by atoms with Crippen LogP contribution in [0.25, 0.3) is 0 Å². The molecule has 108 valence electrons. The molecule has 19 heavy (non-hydrogen) atoms. The van der Waals surface area contributed by atoms with Crippen molar-refractivity contribution in [2.45, 2.75) is 50.7 Å². The lowest BCUT2D eigenvalue weighted by atomic mass is 10.1. The van der Waals surface area contributed by atoms with Crippen LogP contribution in [-0.4, -0.2) is 37.0 Å². The Hall–Kier alpha value is -0.920. The van der Waals surface area contributed by atoms with E-state index in [4.69, 9.17) is 4.74 Å². The highest BCUT2D eigenvalue weighted by Gasteiger charge is 2.30. The number of nitrogens with zero attached hydrogens (tertiary/aromatic N) is 2. The first-order chi connectivity index (χ1) is 8.83. The second-order valence-corrected chi connectivity index (χ2v) is 6.74. The molecule has 2 heterocycles. The minimum absolute atomic E-state index is 0.0351. The monoisotopic (exact) mass is 287 g/mol. The van der Waals surface area contributed by atoms with E-state index in [0.29, 0.717) is 18.0 Å². The lowest BCUT2D eigenvalue weighted by Crippen LogP contribution is -2.41. The van der Waals surface area contributed by atoms with Crippen molar-refractivity contribution in [3.05, 3.63) is 11.4 Å². The predicted octanol–water partition coefficient (Wildman–Crippen LogP) is 0.883. The van der Waals surface area contributed by atoms with Gasteiger partial charge in [-0.2, -0.15) is 5.10 Å². The summed E-state index contributed by atoms with van der Waals surface area (Å²) in [5.74, 6) is 0. The predicted molar refractivity (Wildman–Crippen MR) is 71.4 cm³/mol. The van der Waals surface area contributed by atoms with Crippen molar-refractivity contribution >= 4 is 10.0 Å². The van der Waals surface area contributed by atoms with E-state index in [1.165, 1.54) is 0 Å². The Kier molecular flexibility index (Phi) is 3.98. The largest absolute Gasteiger partial charge is 0.377 e. The van der Waals surface area contributed by atoms with E-state index in [-0.39, 0.29) is 17.0 Å². The zero-order valence-electron chi connectivity index (χ0n) is 11.8. The molecule has 1 fully saturated rings. The van der Waals surface area contributed by atoms with Gasteiger partial charge >= 0.3 is 0 Å². The van der Waals surface area contributed by atoms with Gasteiger partial charge < -0.3 is 4.74 Å². The Labute approximate surface area is 114 Å². The van der Waals surface area contributed by atoms with E-state index in [1.807, 2.05) is 6.92 Å². The van der Waals surface area contributed by atoms with E-state index in [0.717, 1.165) is 12.8 Å². The summed E-state index contributed by atoms with van der Waals surface area (Å²) in [6, 6.07) is -0.230. The normalized spacial score (nSPS) is 21.8. The summed E-state index contributed by atoms with van der Waals surface area (Å²) >= 11 is 0. The fourth-order valence-electron chi connectivity index (χ4n) is 2.52. The van der Waals surface area contributed by atoms with Crippen LogP contribution in [0.4, 0.5) is 0 Å². The van der Waals surface area contributed by atoms with Crippen LogP contribution in [0.1, 0.15) is 31.2 Å². The molecule has 2 unspecified atom stereocenters. The second-order valence-electron chi connectivity index (χ2n) is 5.08. The molecule has 2 rings (SSSR count). The molecule has 1 aliphatic heterocycles. The van der Waals surface area contributed by atoms with E-state index in [1.54, 1.807) is 25.6 Å². The van der Waals surface area contributed by atoms with E-state index >= 15 is 0 Å². The third kappa shape index (κ3) is 2.82. The summed E-state index contributed by atoms with van der Waals surface area (Å²) in [5, 5.41) is 4.15. The van der Waals surface area contributed by atoms with Crippen LogP contribution in [0.15, 0.2) is 4.90 Å². The third-order valence-corrected chi connectivity index (χ3v) is 5.39. The van der Waals surface area contributed by atoms with Crippen LogP contribution in [0, 0.1) is 13.8 Å². The number of ether oxygens (including phenoxy) is 1. The molecule has 0 bridgehead atoms. The summed E-state index contributed by atoms with van der Waals surface area (Å²) in [6.45, 7) is 6.01. The number of hydrogen-bond acceptors (Lipinski definition) is 4. The average molecular weight is 287 g/mol. The summed E-state index contributed by atoms with van der Waals surface area (Å²) < 4.78 is 34.7. The van der Waals surface area contributed by atoms with Gasteiger partial charge in [-0.05, 0) is 33.6 Å². The van der Waals surface area contributed by atoms with E-state index < -0.39 is 10.0 Å². The number of rotatable bonds is 4. The molecule has 1 saturated heterocycles. The van der Waals surface area contributed by atoms with Gasteiger partial charge in [-0.25, -0.2) is 13.1 Å². The van der Waals surface area contributed by atoms with E-state index in [9.17, 15) is 8.42 Å². The molecule has 1 aliphatic rings. The number of hydrogen-bond donors (Lipinski definition) is 1. The summed E-state index contributed by atoms with van der Waals surface area (Å²) in [7, 11) is -1.81. The molecule has 1 aromatic rings. The van der Waals surface area contributed by atoms with Crippen LogP contribution < -0.4 is 4.72 Å². The van der Waals surface area contributed by atoms with Gasteiger partial charge in [-0.3, -0.25) is 4.68 Å². The van der Waals surface area contributed by atoms with E-state index in [2.05, 4.69) is 9.82 Å². The maximum absolute atomic E-state index is 12.4. The lowest BCUT2D eigenvalue weighted by Gasteiger charge is -2.20. The molecule has 0 aliphatic carbocycles. The highest BCUT2D eigenvalue weighted by atomic mass is 32.2. The number of nitrogens with one attached hydrogen (secondary N) is 1. The SMILES string of the molecule is Cc1nn(C)c(C)c1S(=O)(=O)NC(C)C1CCCO1. The topological polar surface area (TPSA) is 73.2 Å². The highest BCUT2D eigenvalue weighted by molar-refractivity contribution is 7.89. The van der Waals surface area contributed by atoms with Crippen LogP contribution >= 0.6 is 0 Å². The first-order valence-electron chi connectivity index (χ1n) is 6.47. The lowest BCUT2D eigenvalue weighted by molar-refractivity contribution is 0.0902. The fraction of sp³-hybridized carbons (Fsp3) is 0.750. The maximum Gasteiger partial charge on any atom is 0.244 e. The molecule has 2 atom stereocenters. The summed E-state index contributed by atoms with van der Waals surface area (Å²) in [6.07, 6.45) is 1.85. The van der Waals surface area contributed by atoms with Crippen molar-refractivity contribution in [2.75, 3.05) is 6.61 Å². The zero-order valence-corrected chi connectivity index (χ0v) is 12.6. The number of aromatic nitrogens is 2. The van der Waals surface area contributed by atoms with Crippen LogP contribution in [-0.2, 0) is 21.8 Å². The summed E-state index contributed by atoms with van der Waals surface area (Å²) in [5.41, 5.74) is 1.16. The third-order valence-electron chi connectivity index (χ3n) is 3.57. The van der Waals surface area contributed by atoms with Crippen LogP contribution in [0.3, 0.4) is 0 Å². The van der Waals surface area contributed by atoms with Crippen molar-refractivity contribution in [1.29, 1.82) is 0 Å². The smallest absolute Gasteiger partial charge is 0.244 e. The first-order valence-corrected chi connectivity index (χ1v) is 7.95. The van der Waals surface area contributed by atoms with Crippen molar-refractivity contribution < 1.29 is 13.2 Å². The Morgan fingerprint density at radius 1 is 1.47 bits per heavy atom. The Morgan fingerprint density at radius 2 is 2.16 bits per heavy atom. The molecule has 7 heteroatoms. The van der Waals surface area contributed by atoms with Gasteiger partial charge in [0, 0.05) is 19.7 Å². The Balaban J connectivity index is 2.22. The van der Waals surface area contributed by atoms with Gasteiger partial charge in [0.05, 0.1) is 17.5 Å². The summed E-state index contributed by atoms with van der Waals surface area (Å²) in [4.78, 5) is 0.278. The van der Waals surface area contributed by atoms with Gasteiger partial charge in [0.25, 0.3) is 0 Å². The molecule has 1 aromatic heterocycles. The quantitative estimate of drug-likeness (QED) is 0.892. The van der Waals surface area contributed by atoms with Crippen LogP contribution in [0.5, 0.6) is 0 Å². The zero-order chi connectivity index (χ0) is 14.2. The van der Waals surface area contributed by atoms with Crippen molar-refractivity contribution in [3.63, 3.8) is 0 Å². The van der Waals surface area contributed by atoms with Gasteiger partial charge in [0.1, 0.15) is 4.90 Å². The number of sulfonamides is 1. The minimum atomic E-state index is -3.55. The molecule has 0 saturated carbocycles. The first kappa shape index (κ1) is 14.5. The molecule has 6 nitrogen and oxygen atoms in total. The molecular weight excluding hydrogens is 266 g/mol. The average Bonchev–Trinajstić information content (AvgIpc) is 2.87. The van der Waals surface area contributed by atoms with Crippen molar-refractivity contribution in [3.8, 4) is 0 Å². The Morgan fingerprint density at radius 3 is 2.63 bits per heavy atom. The van der Waals surface area contributed by atoms with Gasteiger partial charge in [-0.15, -0.1) is 0 Å². The molecule has 0 amide bonds. The van der Waals surface area contributed by atoms with Crippen molar-refractivity contribution in [2.24, 2.45) is 7.05 Å². The second kappa shape index (κ2) is 5.22. The minimum Gasteiger partial charge on any atom is -0.377 e. The van der Waals surface area contributed by atoms with Crippen molar-refractivity contribution in [1.82, 2.24) is 14.5 Å². The molecule has 0 radical (unpaired) electrons. The molecule has 0 aromatic carbocycles. The molecule has 0 spiro atoms. The highest BCUT2D eigenvalue weighted by Crippen LogP contribution is 2.21. The van der Waals surface area contributed by atoms with Crippen LogP contribution in [0.2, 0.25) is 0 Å². The number of aryl methyl sites for hydroxylation is 2. The molecule has 1 N–H and O–H groups in total. The standard InChI is InChI=1S/C12H21N3O3S/c1-8(11-6-5-7-18-11)14-19(16,17)12-9(2)13-15(4)10(12)3/h8,11,14H,5-7H2,1-4H3.